The highest BCUT2D eigenvalue weighted by atomic mass is 19.2. The number of likely N-dealkylation sites (tertiary alicyclic amines) is 4. The smallest absolute Gasteiger partial charge is 0.250 e. The van der Waals surface area contributed by atoms with Crippen LogP contribution >= 0.6 is 0 Å². The fourth-order valence-corrected chi connectivity index (χ4v) is 10.4. The van der Waals surface area contributed by atoms with Crippen molar-refractivity contribution >= 4 is 24.0 Å². The molecule has 0 radical (unpaired) electrons. The van der Waals surface area contributed by atoms with Crippen molar-refractivity contribution in [3.8, 4) is 22.9 Å². The van der Waals surface area contributed by atoms with Gasteiger partial charge in [0, 0.05) is 75.9 Å². The summed E-state index contributed by atoms with van der Waals surface area (Å²) >= 11 is 0. The van der Waals surface area contributed by atoms with E-state index in [0.29, 0.717) is 99.0 Å². The first kappa shape index (κ1) is 51.8. The van der Waals surface area contributed by atoms with Crippen molar-refractivity contribution in [3.63, 3.8) is 0 Å². The van der Waals surface area contributed by atoms with E-state index in [2.05, 4.69) is 9.97 Å². The molecule has 0 aliphatic carbocycles. The Kier molecular flexibility index (Phi) is 15.8. The van der Waals surface area contributed by atoms with Gasteiger partial charge in [0.25, 0.3) is 0 Å². The number of nitrogens with zero attached hydrogens (tertiary/aromatic N) is 8. The molecule has 18 heteroatoms. The van der Waals surface area contributed by atoms with Crippen LogP contribution in [0.2, 0.25) is 0 Å². The number of rotatable bonds is 12. The predicted octanol–water partition coefficient (Wildman–Crippen LogP) is 7.44. The minimum Gasteiger partial charge on any atom is -0.495 e. The van der Waals surface area contributed by atoms with Gasteiger partial charge in [0.1, 0.15) is 11.5 Å². The van der Waals surface area contributed by atoms with Crippen LogP contribution in [0.4, 0.5) is 17.6 Å². The van der Waals surface area contributed by atoms with Crippen LogP contribution in [0.5, 0.6) is 11.5 Å². The summed E-state index contributed by atoms with van der Waals surface area (Å²) in [6, 6.07) is 18.5. The van der Waals surface area contributed by atoms with Crippen LogP contribution in [0.1, 0.15) is 59.3 Å². The number of aliphatic hydroxyl groups excluding tert-OH is 2. The van der Waals surface area contributed by atoms with E-state index in [4.69, 9.17) is 9.47 Å². The number of carbonyl (C=O) groups is 2. The molecule has 4 aliphatic heterocycles. The molecule has 10 rings (SSSR count). The predicted molar refractivity (Wildman–Crippen MR) is 270 cm³/mol. The monoisotopic (exact) mass is 1020 g/mol. The Morgan fingerprint density at radius 1 is 0.581 bits per heavy atom. The molecular formula is C56H60F4N8O6. The lowest BCUT2D eigenvalue weighted by molar-refractivity contribution is -0.133. The molecule has 4 aromatic carbocycles. The summed E-state index contributed by atoms with van der Waals surface area (Å²) in [6.45, 7) is 7.38. The van der Waals surface area contributed by atoms with Crippen LogP contribution < -0.4 is 9.47 Å². The van der Waals surface area contributed by atoms with E-state index in [1.807, 2.05) is 93.7 Å². The lowest BCUT2D eigenvalue weighted by Gasteiger charge is -2.35. The fourth-order valence-electron chi connectivity index (χ4n) is 10.4. The standard InChI is InChI=1S/2C28H30F2N4O3/c2*1-18-13-33(17-31-18)24-8-6-19(12-27(24)37-2)10-21-4-3-9-34(28(21)36)25-15-32(16-26(25)35)14-20-5-7-22(29)23(30)11-20/h2*5-8,10-13,17,25-26,35H,3-4,9,14-16H2,1-2H3/b2*21-10+/t2*25-,26-/m10/s1. The molecule has 6 heterocycles. The van der Waals surface area contributed by atoms with E-state index >= 15 is 0 Å². The zero-order chi connectivity index (χ0) is 52.2. The zero-order valence-electron chi connectivity index (χ0n) is 41.8. The second-order valence-corrected chi connectivity index (χ2v) is 19.4. The van der Waals surface area contributed by atoms with Crippen LogP contribution in [-0.2, 0) is 22.7 Å². The SMILES string of the molecule is COc1cc(/C=C2\CCCN([C@@H]3CN(Cc4ccc(F)c(F)c4)C[C@H]3O)C2=O)ccc1-n1cnc(C)c1.COc1cc(/C=C2\CCCN([C@H]3CN(Cc4ccc(F)c(F)c4)C[C@@H]3O)C2=O)ccc1-n1cnc(C)c1. The van der Waals surface area contributed by atoms with Crippen LogP contribution in [0.15, 0.2) is 109 Å². The average Bonchev–Trinajstić information content (AvgIpc) is 4.20. The minimum atomic E-state index is -0.889. The van der Waals surface area contributed by atoms with Gasteiger partial charge in [-0.05, 0) is 122 Å². The third-order valence-electron chi connectivity index (χ3n) is 14.1. The normalized spacial score (nSPS) is 21.7. The summed E-state index contributed by atoms with van der Waals surface area (Å²) in [6.07, 6.45) is 12.6. The number of benzene rings is 4. The van der Waals surface area contributed by atoms with Gasteiger partial charge in [-0.1, -0.05) is 24.3 Å². The molecule has 4 atom stereocenters. The lowest BCUT2D eigenvalue weighted by Crippen LogP contribution is -2.49. The summed E-state index contributed by atoms with van der Waals surface area (Å²) in [7, 11) is 3.22. The van der Waals surface area contributed by atoms with Crippen LogP contribution in [0, 0.1) is 37.1 Å². The average molecular weight is 1020 g/mol. The van der Waals surface area contributed by atoms with Gasteiger partial charge in [0.15, 0.2) is 23.3 Å². The molecule has 74 heavy (non-hydrogen) atoms. The number of imidazole rings is 2. The van der Waals surface area contributed by atoms with Crippen molar-refractivity contribution in [2.24, 2.45) is 0 Å². The Morgan fingerprint density at radius 3 is 1.36 bits per heavy atom. The molecule has 0 bridgehead atoms. The van der Waals surface area contributed by atoms with Gasteiger partial charge in [0.2, 0.25) is 11.8 Å². The first-order valence-corrected chi connectivity index (χ1v) is 24.7. The summed E-state index contributed by atoms with van der Waals surface area (Å²) in [5.74, 6) is -2.37. The summed E-state index contributed by atoms with van der Waals surface area (Å²) in [5.41, 5.74) is 7.85. The third-order valence-corrected chi connectivity index (χ3v) is 14.1. The zero-order valence-corrected chi connectivity index (χ0v) is 41.8. The summed E-state index contributed by atoms with van der Waals surface area (Å²) < 4.78 is 68.8. The van der Waals surface area contributed by atoms with Gasteiger partial charge in [-0.2, -0.15) is 0 Å². The summed E-state index contributed by atoms with van der Waals surface area (Å²) in [4.78, 5) is 42.9. The fraction of sp³-hybridized carbons (Fsp3) is 0.357. The van der Waals surface area contributed by atoms with Gasteiger partial charge >= 0.3 is 0 Å². The third kappa shape index (κ3) is 11.6. The molecule has 4 fully saturated rings. The molecule has 0 spiro atoms. The second-order valence-electron chi connectivity index (χ2n) is 19.4. The summed E-state index contributed by atoms with van der Waals surface area (Å²) in [5, 5.41) is 21.6. The molecular weight excluding hydrogens is 957 g/mol. The van der Waals surface area contributed by atoms with Gasteiger partial charge in [-0.3, -0.25) is 19.4 Å². The number of aliphatic hydroxyl groups is 2. The number of piperidine rings is 2. The van der Waals surface area contributed by atoms with Gasteiger partial charge < -0.3 is 38.6 Å². The van der Waals surface area contributed by atoms with Gasteiger partial charge in [-0.25, -0.2) is 27.5 Å². The topological polar surface area (TPSA) is 142 Å². The van der Waals surface area contributed by atoms with Gasteiger partial charge in [-0.15, -0.1) is 0 Å². The van der Waals surface area contributed by atoms with E-state index in [0.717, 1.165) is 58.9 Å². The number of carbonyl (C=O) groups excluding carboxylic acids is 2. The Morgan fingerprint density at radius 2 is 1.00 bits per heavy atom. The van der Waals surface area contributed by atoms with E-state index in [-0.39, 0.29) is 23.9 Å². The maximum atomic E-state index is 13.6. The number of methoxy groups -OCH3 is 2. The largest absolute Gasteiger partial charge is 0.495 e. The Balaban J connectivity index is 0.000000182. The van der Waals surface area contributed by atoms with Crippen LogP contribution in [-0.4, -0.2) is 139 Å². The molecule has 4 saturated heterocycles. The van der Waals surface area contributed by atoms with Crippen molar-refractivity contribution in [1.82, 2.24) is 38.7 Å². The number of hydrogen-bond donors (Lipinski definition) is 2. The van der Waals surface area contributed by atoms with Crippen molar-refractivity contribution in [1.29, 1.82) is 0 Å². The Bertz CT molecular complexity index is 2880. The van der Waals surface area contributed by atoms with E-state index in [1.165, 1.54) is 12.1 Å². The quantitative estimate of drug-likeness (QED) is 0.0940. The number of hydrogen-bond acceptors (Lipinski definition) is 10. The highest BCUT2D eigenvalue weighted by Gasteiger charge is 2.41. The molecule has 6 aromatic rings. The first-order chi connectivity index (χ1) is 35.6. The molecule has 388 valence electrons. The molecule has 0 unspecified atom stereocenters. The maximum absolute atomic E-state index is 13.6. The minimum absolute atomic E-state index is 0.0849. The number of aryl methyl sites for hydroxylation is 2. The molecule has 4 aliphatic rings. The molecule has 2 aromatic heterocycles. The number of halogens is 4. The van der Waals surface area contributed by atoms with E-state index < -0.39 is 35.5 Å². The number of amides is 2. The number of ether oxygens (including phenoxy) is 2. The van der Waals surface area contributed by atoms with Crippen molar-refractivity contribution in [2.75, 3.05) is 53.5 Å². The van der Waals surface area contributed by atoms with Crippen LogP contribution in [0.3, 0.4) is 0 Å². The Labute approximate surface area is 427 Å². The maximum Gasteiger partial charge on any atom is 0.250 e. The Hall–Kier alpha value is -7.12. The highest BCUT2D eigenvalue weighted by molar-refractivity contribution is 5.99. The number of β-amino-alcohol motifs (C(OH)–C–C–N with tert-alkyl or cyclic N) is 2. The molecule has 2 amide bonds. The van der Waals surface area contributed by atoms with E-state index in [1.54, 1.807) is 48.8 Å². The first-order valence-electron chi connectivity index (χ1n) is 24.7. The van der Waals surface area contributed by atoms with Gasteiger partial charge in [0.05, 0.1) is 73.9 Å². The van der Waals surface area contributed by atoms with Crippen LogP contribution in [0.25, 0.3) is 23.5 Å². The van der Waals surface area contributed by atoms with Crippen molar-refractivity contribution in [3.05, 3.63) is 166 Å². The van der Waals surface area contributed by atoms with Crippen molar-refractivity contribution in [2.45, 2.75) is 76.9 Å². The van der Waals surface area contributed by atoms with E-state index in [9.17, 15) is 37.4 Å². The second kappa shape index (κ2) is 22.6. The lowest BCUT2D eigenvalue weighted by atomic mass is 9.98. The molecule has 14 nitrogen and oxygen atoms in total. The molecule has 2 N–H and O–H groups in total. The van der Waals surface area contributed by atoms with Crippen molar-refractivity contribution < 1.29 is 46.8 Å². The highest BCUT2D eigenvalue weighted by Crippen LogP contribution is 2.32. The molecule has 0 saturated carbocycles. The number of aromatic nitrogens is 4.